The maximum Gasteiger partial charge on any atom is 0.226 e. The fraction of sp³-hybridized carbons (Fsp3) is 0.389. The predicted molar refractivity (Wildman–Crippen MR) is 86.0 cm³/mol. The van der Waals surface area contributed by atoms with Crippen LogP contribution < -0.4 is 5.73 Å². The van der Waals surface area contributed by atoms with Gasteiger partial charge >= 0.3 is 0 Å². The lowest BCUT2D eigenvalue weighted by atomic mass is 9.84. The van der Waals surface area contributed by atoms with Gasteiger partial charge in [0.15, 0.2) is 0 Å². The van der Waals surface area contributed by atoms with Gasteiger partial charge in [0.1, 0.15) is 5.76 Å². The highest BCUT2D eigenvalue weighted by Crippen LogP contribution is 2.43. The molecule has 0 bridgehead atoms. The molecule has 0 saturated heterocycles. The van der Waals surface area contributed by atoms with Gasteiger partial charge < -0.3 is 15.6 Å². The van der Waals surface area contributed by atoms with Crippen molar-refractivity contribution in [3.8, 4) is 11.5 Å². The number of benzene rings is 1. The zero-order valence-electron chi connectivity index (χ0n) is 12.8. The molecule has 0 radical (unpaired) electrons. The highest BCUT2D eigenvalue weighted by atomic mass is 16.4. The molecule has 1 amide bonds. The maximum absolute atomic E-state index is 11.2. The van der Waals surface area contributed by atoms with Crippen molar-refractivity contribution in [1.29, 1.82) is 5.41 Å². The summed E-state index contributed by atoms with van der Waals surface area (Å²) in [6.45, 7) is 0. The SMILES string of the molecule is N=C([C@@H]1CCc2nc(-c3ccccc3)oc2C1)[C@H]1C[C@H]1C(N)=O. The first-order valence-electron chi connectivity index (χ1n) is 8.05. The van der Waals surface area contributed by atoms with E-state index in [-0.39, 0.29) is 23.7 Å². The third-order valence-corrected chi connectivity index (χ3v) is 4.96. The molecule has 2 aliphatic rings. The highest BCUT2D eigenvalue weighted by molar-refractivity contribution is 5.95. The van der Waals surface area contributed by atoms with E-state index in [0.29, 0.717) is 18.0 Å². The molecule has 1 aromatic carbocycles. The van der Waals surface area contributed by atoms with Crippen molar-refractivity contribution >= 4 is 11.6 Å². The van der Waals surface area contributed by atoms with E-state index in [0.717, 1.165) is 36.3 Å². The lowest BCUT2D eigenvalue weighted by Crippen LogP contribution is -2.25. The van der Waals surface area contributed by atoms with E-state index in [1.807, 2.05) is 30.3 Å². The van der Waals surface area contributed by atoms with Crippen molar-refractivity contribution in [3.05, 3.63) is 41.8 Å². The average Bonchev–Trinajstić information content (AvgIpc) is 3.26. The average molecular weight is 309 g/mol. The van der Waals surface area contributed by atoms with Crippen molar-refractivity contribution in [2.75, 3.05) is 0 Å². The Morgan fingerprint density at radius 2 is 2.04 bits per heavy atom. The van der Waals surface area contributed by atoms with Crippen molar-refractivity contribution in [2.24, 2.45) is 23.5 Å². The van der Waals surface area contributed by atoms with Gasteiger partial charge in [-0.25, -0.2) is 4.98 Å². The standard InChI is InChI=1S/C18H19N3O2/c19-16(12-9-13(12)17(20)22)11-6-7-14-15(8-11)23-18(21-14)10-4-2-1-3-5-10/h1-5,11-13,19H,6-9H2,(H2,20,22)/t11-,12+,13-/m1/s1. The summed E-state index contributed by atoms with van der Waals surface area (Å²) in [4.78, 5) is 15.8. The number of aromatic nitrogens is 1. The van der Waals surface area contributed by atoms with E-state index in [1.54, 1.807) is 0 Å². The van der Waals surface area contributed by atoms with E-state index >= 15 is 0 Å². The molecule has 2 aliphatic carbocycles. The molecular weight excluding hydrogens is 290 g/mol. The molecule has 2 aromatic rings. The molecule has 1 heterocycles. The van der Waals surface area contributed by atoms with Crippen LogP contribution in [0.4, 0.5) is 0 Å². The summed E-state index contributed by atoms with van der Waals surface area (Å²) in [7, 11) is 0. The number of nitrogens with one attached hydrogen (secondary N) is 1. The lowest BCUT2D eigenvalue weighted by Gasteiger charge is -2.21. The molecule has 5 heteroatoms. The fourth-order valence-corrected chi connectivity index (χ4v) is 3.50. The Kier molecular flexibility index (Phi) is 3.29. The molecule has 3 atom stereocenters. The number of carbonyl (C=O) groups excluding carboxylic acids is 1. The van der Waals surface area contributed by atoms with Crippen LogP contribution >= 0.6 is 0 Å². The van der Waals surface area contributed by atoms with Crippen molar-refractivity contribution in [2.45, 2.75) is 25.7 Å². The molecule has 1 aromatic heterocycles. The molecule has 1 fully saturated rings. The van der Waals surface area contributed by atoms with Crippen LogP contribution in [-0.2, 0) is 17.6 Å². The molecule has 3 N–H and O–H groups in total. The van der Waals surface area contributed by atoms with Crippen LogP contribution in [0.15, 0.2) is 34.7 Å². The summed E-state index contributed by atoms with van der Waals surface area (Å²) in [6.07, 6.45) is 3.17. The summed E-state index contributed by atoms with van der Waals surface area (Å²) in [5.41, 5.74) is 7.99. The van der Waals surface area contributed by atoms with Gasteiger partial charge in [0.05, 0.1) is 5.69 Å². The number of fused-ring (bicyclic) bond motifs is 1. The Morgan fingerprint density at radius 1 is 1.26 bits per heavy atom. The normalized spacial score (nSPS) is 25.7. The van der Waals surface area contributed by atoms with Crippen LogP contribution in [0.2, 0.25) is 0 Å². The smallest absolute Gasteiger partial charge is 0.226 e. The quantitative estimate of drug-likeness (QED) is 0.850. The molecule has 4 rings (SSSR count). The minimum atomic E-state index is -0.276. The Balaban J connectivity index is 1.51. The van der Waals surface area contributed by atoms with E-state index < -0.39 is 0 Å². The molecule has 118 valence electrons. The largest absolute Gasteiger partial charge is 0.441 e. The number of aryl methyl sites for hydroxylation is 1. The van der Waals surface area contributed by atoms with Crippen molar-refractivity contribution < 1.29 is 9.21 Å². The number of oxazole rings is 1. The zero-order chi connectivity index (χ0) is 16.0. The van der Waals surface area contributed by atoms with Crippen LogP contribution in [-0.4, -0.2) is 16.6 Å². The van der Waals surface area contributed by atoms with E-state index in [2.05, 4.69) is 4.98 Å². The van der Waals surface area contributed by atoms with E-state index in [9.17, 15) is 4.79 Å². The zero-order valence-corrected chi connectivity index (χ0v) is 12.8. The number of rotatable bonds is 4. The predicted octanol–water partition coefficient (Wildman–Crippen LogP) is 2.59. The molecule has 0 spiro atoms. The van der Waals surface area contributed by atoms with E-state index in [4.69, 9.17) is 15.6 Å². The van der Waals surface area contributed by atoms with Crippen LogP contribution in [0.5, 0.6) is 0 Å². The van der Waals surface area contributed by atoms with Gasteiger partial charge in [0.25, 0.3) is 0 Å². The third-order valence-electron chi connectivity index (χ3n) is 4.96. The number of hydrogen-bond acceptors (Lipinski definition) is 4. The first-order valence-corrected chi connectivity index (χ1v) is 8.05. The van der Waals surface area contributed by atoms with Crippen LogP contribution in [0.3, 0.4) is 0 Å². The van der Waals surface area contributed by atoms with Gasteiger partial charge in [-0.3, -0.25) is 4.79 Å². The maximum atomic E-state index is 11.2. The second kappa shape index (κ2) is 5.33. The van der Waals surface area contributed by atoms with Crippen LogP contribution in [0.1, 0.15) is 24.3 Å². The van der Waals surface area contributed by atoms with Gasteiger partial charge in [-0.2, -0.15) is 0 Å². The number of primary amides is 1. The van der Waals surface area contributed by atoms with Gasteiger partial charge in [-0.05, 0) is 31.4 Å². The second-order valence-electron chi connectivity index (χ2n) is 6.50. The number of amides is 1. The number of nitrogens with two attached hydrogens (primary N) is 1. The molecule has 0 unspecified atom stereocenters. The van der Waals surface area contributed by atoms with Crippen LogP contribution in [0.25, 0.3) is 11.5 Å². The topological polar surface area (TPSA) is 93.0 Å². The lowest BCUT2D eigenvalue weighted by molar-refractivity contribution is -0.119. The van der Waals surface area contributed by atoms with Gasteiger partial charge in [0.2, 0.25) is 11.8 Å². The Morgan fingerprint density at radius 3 is 2.74 bits per heavy atom. The first-order chi connectivity index (χ1) is 11.1. The molecule has 1 saturated carbocycles. The van der Waals surface area contributed by atoms with Gasteiger partial charge in [0, 0.05) is 35.4 Å². The van der Waals surface area contributed by atoms with Crippen LogP contribution in [0, 0.1) is 23.2 Å². The number of hydrogen-bond donors (Lipinski definition) is 2. The van der Waals surface area contributed by atoms with Gasteiger partial charge in [-0.15, -0.1) is 0 Å². The molecular formula is C18H19N3O2. The first kappa shape index (κ1) is 14.2. The molecule has 23 heavy (non-hydrogen) atoms. The summed E-state index contributed by atoms with van der Waals surface area (Å²) >= 11 is 0. The monoisotopic (exact) mass is 309 g/mol. The van der Waals surface area contributed by atoms with E-state index in [1.165, 1.54) is 0 Å². The Bertz CT molecular complexity index is 766. The van der Waals surface area contributed by atoms with Crippen molar-refractivity contribution in [1.82, 2.24) is 4.98 Å². The fourth-order valence-electron chi connectivity index (χ4n) is 3.50. The summed E-state index contributed by atoms with van der Waals surface area (Å²) in [5.74, 6) is 1.34. The molecule has 5 nitrogen and oxygen atoms in total. The Hall–Kier alpha value is -2.43. The summed E-state index contributed by atoms with van der Waals surface area (Å²) < 4.78 is 5.95. The minimum absolute atomic E-state index is 0.0514. The van der Waals surface area contributed by atoms with Crippen molar-refractivity contribution in [3.63, 3.8) is 0 Å². The summed E-state index contributed by atoms with van der Waals surface area (Å²) in [5, 5.41) is 8.37. The number of carbonyl (C=O) groups is 1. The Labute approximate surface area is 134 Å². The highest BCUT2D eigenvalue weighted by Gasteiger charge is 2.47. The van der Waals surface area contributed by atoms with Gasteiger partial charge in [-0.1, -0.05) is 18.2 Å². The third kappa shape index (κ3) is 2.56. The number of nitrogens with zero attached hydrogens (tertiary/aromatic N) is 1. The molecule has 0 aliphatic heterocycles. The second-order valence-corrected chi connectivity index (χ2v) is 6.50. The summed E-state index contributed by atoms with van der Waals surface area (Å²) in [6, 6.07) is 9.87. The minimum Gasteiger partial charge on any atom is -0.441 e.